The van der Waals surface area contributed by atoms with Gasteiger partial charge in [0.2, 0.25) is 0 Å². The van der Waals surface area contributed by atoms with E-state index in [1.54, 1.807) is 0 Å². The molecule has 5 nitrogen and oxygen atoms in total. The van der Waals surface area contributed by atoms with Gasteiger partial charge in [-0.05, 0) is 52.2 Å². The van der Waals surface area contributed by atoms with E-state index in [0.29, 0.717) is 12.2 Å². The maximum Gasteiger partial charge on any atom is 0.254 e. The van der Waals surface area contributed by atoms with Gasteiger partial charge in [0.1, 0.15) is 11.5 Å². The van der Waals surface area contributed by atoms with Crippen molar-refractivity contribution in [3.05, 3.63) is 35.4 Å². The molecule has 0 fully saturated rings. The van der Waals surface area contributed by atoms with Crippen molar-refractivity contribution in [3.8, 4) is 11.5 Å². The molecule has 0 bridgehead atoms. The lowest BCUT2D eigenvalue weighted by atomic mass is 10.0. The molecule has 0 saturated heterocycles. The first kappa shape index (κ1) is 16.6. The van der Waals surface area contributed by atoms with E-state index in [-0.39, 0.29) is 30.1 Å². The van der Waals surface area contributed by atoms with E-state index >= 15 is 0 Å². The number of hydrogen-bond acceptors (Lipinski definition) is 4. The van der Waals surface area contributed by atoms with E-state index in [2.05, 4.69) is 0 Å². The van der Waals surface area contributed by atoms with Crippen LogP contribution in [0.3, 0.4) is 0 Å². The molecule has 1 aliphatic heterocycles. The van der Waals surface area contributed by atoms with Crippen molar-refractivity contribution in [2.75, 3.05) is 0 Å². The Bertz CT molecular complexity index is 688. The fourth-order valence-corrected chi connectivity index (χ4v) is 3.35. The number of aryl methyl sites for hydroxylation is 1. The third kappa shape index (κ3) is 3.03. The van der Waals surface area contributed by atoms with Gasteiger partial charge >= 0.3 is 0 Å². The fourth-order valence-electron chi connectivity index (χ4n) is 3.35. The smallest absolute Gasteiger partial charge is 0.254 e. The van der Waals surface area contributed by atoms with Gasteiger partial charge in [0.05, 0.1) is 18.2 Å². The van der Waals surface area contributed by atoms with Gasteiger partial charge in [-0.15, -0.1) is 0 Å². The van der Waals surface area contributed by atoms with Crippen LogP contribution in [0.4, 0.5) is 0 Å². The number of fused-ring (bicyclic) bond motifs is 1. The van der Waals surface area contributed by atoms with Crippen LogP contribution in [0.25, 0.3) is 0 Å². The summed E-state index contributed by atoms with van der Waals surface area (Å²) in [7, 11) is 0. The van der Waals surface area contributed by atoms with Gasteiger partial charge < -0.3 is 9.47 Å². The van der Waals surface area contributed by atoms with E-state index in [4.69, 9.17) is 9.47 Å². The first-order valence-electron chi connectivity index (χ1n) is 8.42. The highest BCUT2D eigenvalue weighted by atomic mass is 16.5. The summed E-state index contributed by atoms with van der Waals surface area (Å²) in [6, 6.07) is 3.60. The van der Waals surface area contributed by atoms with Crippen molar-refractivity contribution in [2.45, 2.75) is 58.8 Å². The topological polar surface area (TPSA) is 55.8 Å². The zero-order chi connectivity index (χ0) is 17.4. The molecular formula is C19H23NO4. The Kier molecular flexibility index (Phi) is 4.35. The van der Waals surface area contributed by atoms with E-state index in [0.717, 1.165) is 23.3 Å². The van der Waals surface area contributed by atoms with Gasteiger partial charge in [-0.2, -0.15) is 0 Å². The summed E-state index contributed by atoms with van der Waals surface area (Å²) < 4.78 is 11.8. The highest BCUT2D eigenvalue weighted by molar-refractivity contribution is 6.13. The molecule has 2 aliphatic rings. The van der Waals surface area contributed by atoms with Crippen molar-refractivity contribution in [1.82, 2.24) is 4.90 Å². The molecule has 1 aromatic carbocycles. The van der Waals surface area contributed by atoms with Gasteiger partial charge in [0, 0.05) is 23.8 Å². The number of rotatable bonds is 5. The minimum Gasteiger partial charge on any atom is -0.491 e. The van der Waals surface area contributed by atoms with Gasteiger partial charge in [-0.1, -0.05) is 0 Å². The van der Waals surface area contributed by atoms with Gasteiger partial charge in [-0.25, -0.2) is 0 Å². The lowest BCUT2D eigenvalue weighted by molar-refractivity contribution is -0.139. The van der Waals surface area contributed by atoms with Crippen LogP contribution >= 0.6 is 0 Å². The molecule has 1 atom stereocenters. The van der Waals surface area contributed by atoms with E-state index in [9.17, 15) is 9.59 Å². The van der Waals surface area contributed by atoms with Crippen molar-refractivity contribution in [3.63, 3.8) is 0 Å². The normalized spacial score (nSPS) is 19.6. The van der Waals surface area contributed by atoms with Gasteiger partial charge in [0.25, 0.3) is 11.8 Å². The predicted octanol–water partition coefficient (Wildman–Crippen LogP) is 3.17. The van der Waals surface area contributed by atoms with E-state index in [1.807, 2.05) is 39.8 Å². The molecule has 0 N–H and O–H groups in total. The molecule has 5 heteroatoms. The monoisotopic (exact) mass is 329 g/mol. The second kappa shape index (κ2) is 6.30. The molecule has 1 aliphatic carbocycles. The maximum absolute atomic E-state index is 12.1. The molecular weight excluding hydrogens is 306 g/mol. The Labute approximate surface area is 142 Å². The first-order valence-corrected chi connectivity index (χ1v) is 8.42. The van der Waals surface area contributed by atoms with Crippen molar-refractivity contribution < 1.29 is 19.1 Å². The van der Waals surface area contributed by atoms with Crippen LogP contribution in [-0.4, -0.2) is 28.9 Å². The zero-order valence-corrected chi connectivity index (χ0v) is 14.5. The molecule has 24 heavy (non-hydrogen) atoms. The summed E-state index contributed by atoms with van der Waals surface area (Å²) in [6.07, 6.45) is 4.24. The number of amides is 2. The van der Waals surface area contributed by atoms with Crippen LogP contribution in [-0.2, 0) is 16.0 Å². The third-order valence-corrected chi connectivity index (χ3v) is 4.11. The average molecular weight is 329 g/mol. The number of imide groups is 1. The van der Waals surface area contributed by atoms with Crippen LogP contribution in [0.15, 0.2) is 24.3 Å². The molecule has 2 amide bonds. The quantitative estimate of drug-likeness (QED) is 0.779. The number of ether oxygens (including phenoxy) is 2. The second-order valence-electron chi connectivity index (χ2n) is 6.76. The highest BCUT2D eigenvalue weighted by Crippen LogP contribution is 2.45. The molecule has 0 radical (unpaired) electrons. The van der Waals surface area contributed by atoms with E-state index < -0.39 is 0 Å². The minimum atomic E-state index is -0.267. The number of benzene rings is 1. The average Bonchev–Trinajstić information content (AvgIpc) is 3.01. The highest BCUT2D eigenvalue weighted by Gasteiger charge is 2.38. The predicted molar refractivity (Wildman–Crippen MR) is 90.0 cm³/mol. The molecule has 1 aromatic rings. The maximum atomic E-state index is 12.1. The Morgan fingerprint density at radius 1 is 1.00 bits per heavy atom. The summed E-state index contributed by atoms with van der Waals surface area (Å²) in [5.74, 6) is 0.956. The third-order valence-electron chi connectivity index (χ3n) is 4.11. The fraction of sp³-hybridized carbons (Fsp3) is 0.474. The lowest BCUT2D eigenvalue weighted by Gasteiger charge is -2.26. The summed E-state index contributed by atoms with van der Waals surface area (Å²) in [4.78, 5) is 25.5. The summed E-state index contributed by atoms with van der Waals surface area (Å²) in [6.45, 7) is 7.87. The van der Waals surface area contributed by atoms with Crippen LogP contribution in [0.2, 0.25) is 0 Å². The summed E-state index contributed by atoms with van der Waals surface area (Å²) in [5.41, 5.74) is 2.02. The second-order valence-corrected chi connectivity index (χ2v) is 6.76. The van der Waals surface area contributed by atoms with Crippen molar-refractivity contribution >= 4 is 11.8 Å². The Hall–Kier alpha value is -2.30. The zero-order valence-electron chi connectivity index (χ0n) is 14.5. The number of carbonyl (C=O) groups excluding carboxylic acids is 2. The van der Waals surface area contributed by atoms with Crippen LogP contribution in [0.5, 0.6) is 11.5 Å². The standard InChI is InChI=1S/C19H23NO4/c1-11(2)23-14-9-13-5-6-15(20-17(21)7-8-18(20)22)19(13)16(10-14)24-12(3)4/h7-12,15H,5-6H2,1-4H3/t15-/m0/s1. The summed E-state index contributed by atoms with van der Waals surface area (Å²) in [5, 5.41) is 0. The Morgan fingerprint density at radius 3 is 2.21 bits per heavy atom. The number of hydrogen-bond donors (Lipinski definition) is 0. The largest absolute Gasteiger partial charge is 0.491 e. The molecule has 0 saturated carbocycles. The Balaban J connectivity index is 2.02. The van der Waals surface area contributed by atoms with Gasteiger partial charge in [-0.3, -0.25) is 14.5 Å². The molecule has 128 valence electrons. The summed E-state index contributed by atoms with van der Waals surface area (Å²) >= 11 is 0. The lowest BCUT2D eigenvalue weighted by Crippen LogP contribution is -2.33. The van der Waals surface area contributed by atoms with Crippen molar-refractivity contribution in [1.29, 1.82) is 0 Å². The van der Waals surface area contributed by atoms with Crippen LogP contribution in [0.1, 0.15) is 51.3 Å². The number of carbonyl (C=O) groups is 2. The molecule has 0 unspecified atom stereocenters. The van der Waals surface area contributed by atoms with Crippen LogP contribution in [0, 0.1) is 0 Å². The van der Waals surface area contributed by atoms with Gasteiger partial charge in [0.15, 0.2) is 0 Å². The Morgan fingerprint density at radius 2 is 1.62 bits per heavy atom. The first-order chi connectivity index (χ1) is 11.4. The van der Waals surface area contributed by atoms with Crippen molar-refractivity contribution in [2.24, 2.45) is 0 Å². The number of nitrogens with zero attached hydrogens (tertiary/aromatic N) is 1. The molecule has 0 aromatic heterocycles. The molecule has 0 spiro atoms. The molecule has 3 rings (SSSR count). The SMILES string of the molecule is CC(C)Oc1cc2c(c(OC(C)C)c1)[C@@H](N1C(=O)C=CC1=O)CC2. The minimum absolute atomic E-state index is 0.00671. The van der Waals surface area contributed by atoms with E-state index in [1.165, 1.54) is 17.1 Å². The molecule has 1 heterocycles. The van der Waals surface area contributed by atoms with Crippen LogP contribution < -0.4 is 9.47 Å².